The maximum Gasteiger partial charge on any atom is 0.251 e. The van der Waals surface area contributed by atoms with Gasteiger partial charge >= 0.3 is 0 Å². The number of hydrogen-bond acceptors (Lipinski definition) is 5. The summed E-state index contributed by atoms with van der Waals surface area (Å²) in [6.45, 7) is 3.21. The largest absolute Gasteiger partial charge is 0.497 e. The van der Waals surface area contributed by atoms with Crippen LogP contribution in [0.25, 0.3) is 0 Å². The van der Waals surface area contributed by atoms with Gasteiger partial charge in [0.05, 0.1) is 25.9 Å². The van der Waals surface area contributed by atoms with Crippen molar-refractivity contribution in [1.29, 1.82) is 0 Å². The number of hydrogen-bond donors (Lipinski definition) is 0. The molecule has 0 radical (unpaired) electrons. The van der Waals surface area contributed by atoms with Gasteiger partial charge in [0, 0.05) is 40.2 Å². The number of likely N-dealkylation sites (N-methyl/N-ethyl adjacent to an activating group) is 1. The van der Waals surface area contributed by atoms with Crippen LogP contribution >= 0.6 is 0 Å². The minimum absolute atomic E-state index is 0.0228. The fourth-order valence-electron chi connectivity index (χ4n) is 4.65. The average Bonchev–Trinajstić information content (AvgIpc) is 3.35. The molecule has 1 spiro atoms. The predicted octanol–water partition coefficient (Wildman–Crippen LogP) is 2.80. The molecule has 0 bridgehead atoms. The summed E-state index contributed by atoms with van der Waals surface area (Å²) in [5.74, 6) is 0.878. The first-order valence-electron chi connectivity index (χ1n) is 10.4. The zero-order valence-corrected chi connectivity index (χ0v) is 18.0. The Hall–Kier alpha value is -2.41. The maximum absolute atomic E-state index is 13.0. The van der Waals surface area contributed by atoms with Crippen molar-refractivity contribution in [3.05, 3.63) is 65.2 Å². The van der Waals surface area contributed by atoms with Crippen LogP contribution in [-0.2, 0) is 32.9 Å². The molecule has 1 saturated heterocycles. The van der Waals surface area contributed by atoms with Crippen molar-refractivity contribution >= 4 is 5.91 Å². The summed E-state index contributed by atoms with van der Waals surface area (Å²) in [6.07, 6.45) is 0.218. The van der Waals surface area contributed by atoms with Gasteiger partial charge in [0.2, 0.25) is 0 Å². The highest BCUT2D eigenvalue weighted by molar-refractivity contribution is 5.81. The Kier molecular flexibility index (Phi) is 6.09. The number of carbonyl (C=O) groups excluding carboxylic acids is 1. The van der Waals surface area contributed by atoms with Crippen LogP contribution in [0, 0.1) is 0 Å². The second-order valence-corrected chi connectivity index (χ2v) is 8.15. The van der Waals surface area contributed by atoms with E-state index in [1.54, 1.807) is 19.1 Å². The molecular weight excluding hydrogens is 380 g/mol. The van der Waals surface area contributed by atoms with Crippen molar-refractivity contribution in [2.24, 2.45) is 0 Å². The van der Waals surface area contributed by atoms with Gasteiger partial charge in [-0.05, 0) is 28.8 Å². The van der Waals surface area contributed by atoms with E-state index in [1.807, 2.05) is 19.2 Å². The van der Waals surface area contributed by atoms with Gasteiger partial charge in [-0.2, -0.15) is 0 Å². The third kappa shape index (κ3) is 3.83. The second-order valence-electron chi connectivity index (χ2n) is 8.15. The summed E-state index contributed by atoms with van der Waals surface area (Å²) in [4.78, 5) is 17.1. The number of amides is 1. The summed E-state index contributed by atoms with van der Waals surface area (Å²) in [7, 11) is 5.14. The Balaban J connectivity index is 1.59. The molecule has 2 aliphatic heterocycles. The highest BCUT2D eigenvalue weighted by Crippen LogP contribution is 2.47. The fraction of sp³-hybridized carbons (Fsp3) is 0.458. The SMILES string of the molecule is COCCN(C)C(=O)[C@@H]1C[C@]2(CO1)c1ccccc1CN2Cc1cccc(OC)c1. The molecule has 2 aromatic carbocycles. The molecule has 2 atom stereocenters. The van der Waals surface area contributed by atoms with Crippen molar-refractivity contribution < 1.29 is 19.0 Å². The van der Waals surface area contributed by atoms with Crippen molar-refractivity contribution in [3.63, 3.8) is 0 Å². The van der Waals surface area contributed by atoms with E-state index in [1.165, 1.54) is 16.7 Å². The molecule has 160 valence electrons. The molecule has 6 heteroatoms. The van der Waals surface area contributed by atoms with Gasteiger partial charge in [-0.15, -0.1) is 0 Å². The molecular formula is C24H30N2O4. The Morgan fingerprint density at radius 2 is 2.07 bits per heavy atom. The third-order valence-electron chi connectivity index (χ3n) is 6.32. The molecule has 4 rings (SSSR count). The van der Waals surface area contributed by atoms with Gasteiger partial charge in [0.15, 0.2) is 0 Å². The first-order chi connectivity index (χ1) is 14.6. The molecule has 2 heterocycles. The maximum atomic E-state index is 13.0. The van der Waals surface area contributed by atoms with E-state index in [0.29, 0.717) is 26.2 Å². The number of ether oxygens (including phenoxy) is 3. The summed E-state index contributed by atoms with van der Waals surface area (Å²) in [6, 6.07) is 16.7. The van der Waals surface area contributed by atoms with Crippen LogP contribution in [-0.4, -0.2) is 62.8 Å². The van der Waals surface area contributed by atoms with Crippen LogP contribution in [0.2, 0.25) is 0 Å². The number of carbonyl (C=O) groups is 1. The zero-order chi connectivity index (χ0) is 21.1. The Morgan fingerprint density at radius 3 is 2.87 bits per heavy atom. The van der Waals surface area contributed by atoms with Crippen LogP contribution in [0.1, 0.15) is 23.1 Å². The standard InChI is InChI=1S/C24H30N2O4/c1-25(11-12-28-2)23(27)22-14-24(17-30-22)21-10-5-4-8-19(21)16-26(24)15-18-7-6-9-20(13-18)29-3/h4-10,13,22H,11-12,14-17H2,1-3H3/t22-,24-/m0/s1. The minimum Gasteiger partial charge on any atom is -0.497 e. The van der Waals surface area contributed by atoms with E-state index in [2.05, 4.69) is 41.3 Å². The molecule has 0 aliphatic carbocycles. The second kappa shape index (κ2) is 8.76. The summed E-state index contributed by atoms with van der Waals surface area (Å²) < 4.78 is 16.6. The van der Waals surface area contributed by atoms with Crippen LogP contribution in [0.15, 0.2) is 48.5 Å². The van der Waals surface area contributed by atoms with Gasteiger partial charge in [-0.1, -0.05) is 36.4 Å². The van der Waals surface area contributed by atoms with Crippen LogP contribution < -0.4 is 4.74 Å². The predicted molar refractivity (Wildman–Crippen MR) is 114 cm³/mol. The lowest BCUT2D eigenvalue weighted by Gasteiger charge is -2.35. The third-order valence-corrected chi connectivity index (χ3v) is 6.32. The highest BCUT2D eigenvalue weighted by Gasteiger charge is 2.52. The van der Waals surface area contributed by atoms with E-state index in [4.69, 9.17) is 14.2 Å². The lowest BCUT2D eigenvalue weighted by molar-refractivity contribution is -0.140. The highest BCUT2D eigenvalue weighted by atomic mass is 16.5. The normalized spacial score (nSPS) is 23.0. The van der Waals surface area contributed by atoms with Crippen LogP contribution in [0.3, 0.4) is 0 Å². The smallest absolute Gasteiger partial charge is 0.251 e. The van der Waals surface area contributed by atoms with Crippen LogP contribution in [0.4, 0.5) is 0 Å². The Morgan fingerprint density at radius 1 is 1.23 bits per heavy atom. The average molecular weight is 411 g/mol. The molecule has 0 aromatic heterocycles. The van der Waals surface area contributed by atoms with Gasteiger partial charge in [0.1, 0.15) is 11.9 Å². The van der Waals surface area contributed by atoms with E-state index in [9.17, 15) is 4.79 Å². The van der Waals surface area contributed by atoms with E-state index < -0.39 is 6.10 Å². The fourth-order valence-corrected chi connectivity index (χ4v) is 4.65. The first kappa shape index (κ1) is 20.8. The van der Waals surface area contributed by atoms with Crippen molar-refractivity contribution in [3.8, 4) is 5.75 Å². The van der Waals surface area contributed by atoms with Gasteiger partial charge in [-0.3, -0.25) is 9.69 Å². The minimum atomic E-state index is -0.439. The Labute approximate surface area is 178 Å². The molecule has 1 fully saturated rings. The van der Waals surface area contributed by atoms with Crippen molar-refractivity contribution in [2.45, 2.75) is 31.2 Å². The van der Waals surface area contributed by atoms with Crippen molar-refractivity contribution in [1.82, 2.24) is 9.80 Å². The number of fused-ring (bicyclic) bond motifs is 2. The molecule has 0 N–H and O–H groups in total. The number of benzene rings is 2. The van der Waals surface area contributed by atoms with E-state index in [-0.39, 0.29) is 11.4 Å². The van der Waals surface area contributed by atoms with E-state index in [0.717, 1.165) is 18.8 Å². The van der Waals surface area contributed by atoms with Crippen LogP contribution in [0.5, 0.6) is 5.75 Å². The molecule has 2 aliphatic rings. The summed E-state index contributed by atoms with van der Waals surface area (Å²) in [5, 5.41) is 0. The zero-order valence-electron chi connectivity index (χ0n) is 18.0. The quantitative estimate of drug-likeness (QED) is 0.703. The lowest BCUT2D eigenvalue weighted by atomic mass is 9.86. The van der Waals surface area contributed by atoms with E-state index >= 15 is 0 Å². The first-order valence-corrected chi connectivity index (χ1v) is 10.4. The molecule has 0 unspecified atom stereocenters. The molecule has 30 heavy (non-hydrogen) atoms. The molecule has 1 amide bonds. The Bertz CT molecular complexity index is 902. The topological polar surface area (TPSA) is 51.2 Å². The molecule has 2 aromatic rings. The van der Waals surface area contributed by atoms with Crippen molar-refractivity contribution in [2.75, 3.05) is 41.0 Å². The molecule has 6 nitrogen and oxygen atoms in total. The lowest BCUT2D eigenvalue weighted by Crippen LogP contribution is -2.43. The summed E-state index contributed by atoms with van der Waals surface area (Å²) >= 11 is 0. The molecule has 0 saturated carbocycles. The number of nitrogens with zero attached hydrogens (tertiary/aromatic N) is 2. The van der Waals surface area contributed by atoms with Gasteiger partial charge in [-0.25, -0.2) is 0 Å². The monoisotopic (exact) mass is 410 g/mol. The number of methoxy groups -OCH3 is 2. The summed E-state index contributed by atoms with van der Waals surface area (Å²) in [5.41, 5.74) is 3.49. The van der Waals surface area contributed by atoms with Gasteiger partial charge < -0.3 is 19.1 Å². The number of rotatable bonds is 7. The van der Waals surface area contributed by atoms with Gasteiger partial charge in [0.25, 0.3) is 5.91 Å².